The molecule has 1 N–H and O–H groups in total. The third-order valence-electron chi connectivity index (χ3n) is 5.00. The van der Waals surface area contributed by atoms with Crippen molar-refractivity contribution in [3.63, 3.8) is 0 Å². The van der Waals surface area contributed by atoms with Gasteiger partial charge in [0.2, 0.25) is 0 Å². The second-order valence-electron chi connectivity index (χ2n) is 8.00. The molecule has 31 heavy (non-hydrogen) atoms. The van der Waals surface area contributed by atoms with E-state index in [4.69, 9.17) is 14.7 Å². The Bertz CT molecular complexity index is 893. The lowest BCUT2D eigenvalue weighted by atomic mass is 10.1. The van der Waals surface area contributed by atoms with Crippen LogP contribution in [-0.2, 0) is 0 Å². The summed E-state index contributed by atoms with van der Waals surface area (Å²) in [4.78, 5) is 14.5. The molecule has 2 aromatic rings. The number of hydrogen-bond donors (Lipinski definition) is 1. The number of phenolic OH excluding ortho intramolecular Hbond substituents is 1. The van der Waals surface area contributed by atoms with Gasteiger partial charge in [-0.05, 0) is 70.5 Å². The number of hydrogen-bond acceptors (Lipinski definition) is 5. The number of benzene rings is 2. The molecule has 0 bridgehead atoms. The summed E-state index contributed by atoms with van der Waals surface area (Å²) in [6.45, 7) is 10.3. The van der Waals surface area contributed by atoms with Crippen LogP contribution in [0.5, 0.6) is 17.2 Å². The number of nitrogens with zero attached hydrogens (tertiary/aromatic N) is 2. The predicted molar refractivity (Wildman–Crippen MR) is 121 cm³/mol. The molecular weight excluding hydrogens is 392 g/mol. The zero-order valence-corrected chi connectivity index (χ0v) is 19.0. The third-order valence-corrected chi connectivity index (χ3v) is 5.00. The molecule has 0 spiro atoms. The molecule has 2 aromatic carbocycles. The molecule has 0 aliphatic heterocycles. The Morgan fingerprint density at radius 1 is 1.06 bits per heavy atom. The van der Waals surface area contributed by atoms with Crippen molar-refractivity contribution in [2.45, 2.75) is 65.6 Å². The molecule has 1 atom stereocenters. The largest absolute Gasteiger partial charge is 0.507 e. The minimum atomic E-state index is -0.198. The number of aromatic hydroxyl groups is 1. The molecule has 0 aromatic heterocycles. The first-order valence-corrected chi connectivity index (χ1v) is 10.7. The van der Waals surface area contributed by atoms with Crippen LogP contribution in [-0.4, -0.2) is 40.7 Å². The van der Waals surface area contributed by atoms with Crippen LogP contribution >= 0.6 is 0 Å². The maximum absolute atomic E-state index is 12.8. The number of amides is 1. The van der Waals surface area contributed by atoms with E-state index in [9.17, 15) is 9.90 Å². The summed E-state index contributed by atoms with van der Waals surface area (Å²) < 4.78 is 11.7. The number of nitriles is 1. The van der Waals surface area contributed by atoms with Gasteiger partial charge in [-0.3, -0.25) is 4.79 Å². The Morgan fingerprint density at radius 2 is 1.68 bits per heavy atom. The highest BCUT2D eigenvalue weighted by atomic mass is 16.5. The average molecular weight is 425 g/mol. The molecular formula is C25H32N2O4. The zero-order valence-electron chi connectivity index (χ0n) is 19.0. The first-order valence-electron chi connectivity index (χ1n) is 10.7. The van der Waals surface area contributed by atoms with Crippen LogP contribution in [0.3, 0.4) is 0 Å². The maximum atomic E-state index is 12.8. The Labute approximate surface area is 185 Å². The first-order chi connectivity index (χ1) is 14.8. The average Bonchev–Trinajstić information content (AvgIpc) is 2.73. The third kappa shape index (κ3) is 6.65. The van der Waals surface area contributed by atoms with Gasteiger partial charge in [-0.25, -0.2) is 0 Å². The van der Waals surface area contributed by atoms with E-state index in [1.165, 1.54) is 6.07 Å². The molecule has 0 aliphatic rings. The van der Waals surface area contributed by atoms with Gasteiger partial charge < -0.3 is 19.5 Å². The lowest BCUT2D eigenvalue weighted by Gasteiger charge is -2.31. The second kappa shape index (κ2) is 11.3. The molecule has 6 heteroatoms. The second-order valence-corrected chi connectivity index (χ2v) is 8.00. The summed E-state index contributed by atoms with van der Waals surface area (Å²) in [5.41, 5.74) is 0.862. The van der Waals surface area contributed by atoms with E-state index in [0.29, 0.717) is 30.1 Å². The summed E-state index contributed by atoms with van der Waals surface area (Å²) in [5, 5.41) is 19.3. The highest BCUT2D eigenvalue weighted by molar-refractivity contribution is 5.97. The van der Waals surface area contributed by atoms with E-state index in [1.807, 2.05) is 34.6 Å². The highest BCUT2D eigenvalue weighted by Gasteiger charge is 2.24. The number of ether oxygens (including phenoxy) is 2. The van der Waals surface area contributed by atoms with E-state index in [1.54, 1.807) is 41.3 Å². The molecule has 166 valence electrons. The van der Waals surface area contributed by atoms with Crippen LogP contribution in [0, 0.1) is 11.3 Å². The van der Waals surface area contributed by atoms with Crippen LogP contribution in [0.15, 0.2) is 42.5 Å². The Hall–Kier alpha value is -3.20. The van der Waals surface area contributed by atoms with Gasteiger partial charge in [0.05, 0.1) is 23.8 Å². The molecule has 0 saturated carbocycles. The molecule has 0 radical (unpaired) electrons. The fourth-order valence-electron chi connectivity index (χ4n) is 3.44. The molecule has 1 amide bonds. The van der Waals surface area contributed by atoms with Gasteiger partial charge in [-0.2, -0.15) is 5.26 Å². The Morgan fingerprint density at radius 3 is 2.19 bits per heavy atom. The van der Waals surface area contributed by atoms with E-state index in [2.05, 4.69) is 6.07 Å². The van der Waals surface area contributed by atoms with Gasteiger partial charge in [0.1, 0.15) is 23.4 Å². The van der Waals surface area contributed by atoms with Crippen molar-refractivity contribution in [3.05, 3.63) is 53.6 Å². The summed E-state index contributed by atoms with van der Waals surface area (Å²) in [6.07, 6.45) is 1.43. The van der Waals surface area contributed by atoms with Crippen molar-refractivity contribution < 1.29 is 19.4 Å². The highest BCUT2D eigenvalue weighted by Crippen LogP contribution is 2.26. The fourth-order valence-corrected chi connectivity index (χ4v) is 3.44. The van der Waals surface area contributed by atoms with Crippen LogP contribution < -0.4 is 9.47 Å². The van der Waals surface area contributed by atoms with E-state index in [-0.39, 0.29) is 35.4 Å². The Kier molecular flexibility index (Phi) is 8.75. The number of carbonyl (C=O) groups excluding carboxylic acids is 1. The van der Waals surface area contributed by atoms with E-state index in [0.717, 1.165) is 6.42 Å². The van der Waals surface area contributed by atoms with Gasteiger partial charge >= 0.3 is 0 Å². The van der Waals surface area contributed by atoms with Gasteiger partial charge in [-0.1, -0.05) is 6.92 Å². The number of phenols is 1. The summed E-state index contributed by atoms with van der Waals surface area (Å²) in [7, 11) is 0. The summed E-state index contributed by atoms with van der Waals surface area (Å²) in [5.74, 6) is 0.930. The van der Waals surface area contributed by atoms with Crippen molar-refractivity contribution in [2.75, 3.05) is 6.61 Å². The van der Waals surface area contributed by atoms with Crippen LogP contribution in [0.25, 0.3) is 0 Å². The van der Waals surface area contributed by atoms with Crippen molar-refractivity contribution >= 4 is 5.91 Å². The van der Waals surface area contributed by atoms with Crippen molar-refractivity contribution in [2.24, 2.45) is 0 Å². The first kappa shape index (κ1) is 24.1. The van der Waals surface area contributed by atoms with E-state index < -0.39 is 0 Å². The van der Waals surface area contributed by atoms with Gasteiger partial charge in [0.25, 0.3) is 5.91 Å². The summed E-state index contributed by atoms with van der Waals surface area (Å²) >= 11 is 0. The quantitative estimate of drug-likeness (QED) is 0.570. The normalized spacial score (nSPS) is 11.8. The smallest absolute Gasteiger partial charge is 0.258 e. The van der Waals surface area contributed by atoms with Gasteiger partial charge in [-0.15, -0.1) is 0 Å². The zero-order chi connectivity index (χ0) is 23.0. The monoisotopic (exact) mass is 424 g/mol. The molecule has 0 aliphatic carbocycles. The molecule has 1 unspecified atom stereocenters. The van der Waals surface area contributed by atoms with E-state index >= 15 is 0 Å². The topological polar surface area (TPSA) is 82.8 Å². The number of rotatable bonds is 10. The van der Waals surface area contributed by atoms with Crippen molar-refractivity contribution in [1.82, 2.24) is 4.90 Å². The molecule has 0 saturated heterocycles. The lowest BCUT2D eigenvalue weighted by Crippen LogP contribution is -2.42. The molecule has 6 nitrogen and oxygen atoms in total. The maximum Gasteiger partial charge on any atom is 0.258 e. The molecule has 0 fully saturated rings. The van der Waals surface area contributed by atoms with Crippen molar-refractivity contribution in [1.29, 1.82) is 5.26 Å². The Balaban J connectivity index is 1.95. The molecule has 2 rings (SSSR count). The minimum absolute atomic E-state index is 0.0323. The van der Waals surface area contributed by atoms with Crippen molar-refractivity contribution in [3.8, 4) is 23.3 Å². The number of carbonyl (C=O) groups is 1. The van der Waals surface area contributed by atoms with Crippen LogP contribution in [0.1, 0.15) is 63.4 Å². The van der Waals surface area contributed by atoms with Crippen LogP contribution in [0.4, 0.5) is 0 Å². The van der Waals surface area contributed by atoms with Gasteiger partial charge in [0, 0.05) is 24.6 Å². The minimum Gasteiger partial charge on any atom is -0.507 e. The molecule has 0 heterocycles. The lowest BCUT2D eigenvalue weighted by molar-refractivity contribution is 0.0640. The summed E-state index contributed by atoms with van der Waals surface area (Å²) in [6, 6.07) is 14.0. The predicted octanol–water partition coefficient (Wildman–Crippen LogP) is 5.15. The SMILES string of the molecule is CCC(CCOc1ccc(C(=O)N(C(C)C)C(C)C)c(O)c1)Oc1ccc(C#N)cc1. The standard InChI is InChI=1S/C25H32N2O4/c1-6-20(31-21-9-7-19(16-26)8-10-21)13-14-30-22-11-12-23(24(28)15-22)25(29)27(17(2)3)18(4)5/h7-12,15,17-18,20,28H,6,13-14H2,1-5H3. The fraction of sp³-hybridized carbons (Fsp3) is 0.440. The van der Waals surface area contributed by atoms with Crippen LogP contribution in [0.2, 0.25) is 0 Å². The van der Waals surface area contributed by atoms with Gasteiger partial charge in [0.15, 0.2) is 0 Å².